The van der Waals surface area contributed by atoms with Gasteiger partial charge in [0.1, 0.15) is 37.1 Å². The van der Waals surface area contributed by atoms with Gasteiger partial charge in [0.05, 0.1) is 41.9 Å². The number of benzene rings is 6. The summed E-state index contributed by atoms with van der Waals surface area (Å²) >= 11 is 3.31. The van der Waals surface area contributed by atoms with E-state index in [2.05, 4.69) is 63.1 Å². The van der Waals surface area contributed by atoms with Crippen molar-refractivity contribution in [1.82, 2.24) is 16.0 Å². The molecule has 16 heteroatoms. The number of halogens is 4. The normalized spacial score (nSPS) is 13.8. The third-order valence-corrected chi connectivity index (χ3v) is 10.4. The highest BCUT2D eigenvalue weighted by Crippen LogP contribution is 2.33. The van der Waals surface area contributed by atoms with Crippen molar-refractivity contribution in [1.29, 1.82) is 0 Å². The van der Waals surface area contributed by atoms with E-state index in [1.54, 1.807) is 42.5 Å². The summed E-state index contributed by atoms with van der Waals surface area (Å²) in [5.74, 6) is 1.39. The summed E-state index contributed by atoms with van der Waals surface area (Å²) in [5, 5.41) is 25.6. The summed E-state index contributed by atoms with van der Waals surface area (Å²) < 4.78 is 55.0. The zero-order valence-corrected chi connectivity index (χ0v) is 36.4. The molecule has 11 nitrogen and oxygen atoms in total. The maximum Gasteiger partial charge on any atom is 0.488 e. The monoisotopic (exact) mass is 937 g/mol. The van der Waals surface area contributed by atoms with E-state index in [1.165, 1.54) is 17.7 Å². The number of aryl methyl sites for hydroxylation is 2. The molecule has 0 aromatic heterocycles. The summed E-state index contributed by atoms with van der Waals surface area (Å²) in [5.41, 5.74) is 7.14. The molecule has 330 valence electrons. The van der Waals surface area contributed by atoms with Crippen molar-refractivity contribution in [3.63, 3.8) is 0 Å². The molecule has 9 rings (SSSR count). The molecule has 0 fully saturated rings. The molecule has 3 heterocycles. The summed E-state index contributed by atoms with van der Waals surface area (Å²) in [4.78, 5) is 35.3. The maximum absolute atomic E-state index is 12.6. The number of hydrogen-bond acceptors (Lipinski definition) is 8. The van der Waals surface area contributed by atoms with E-state index < -0.39 is 18.9 Å². The zero-order chi connectivity index (χ0) is 45.8. The fourth-order valence-electron chi connectivity index (χ4n) is 6.43. The predicted octanol–water partition coefficient (Wildman–Crippen LogP) is 7.52. The van der Waals surface area contributed by atoms with Crippen molar-refractivity contribution in [2.45, 2.75) is 20.0 Å². The smallest absolute Gasteiger partial charge is 0.488 e. The lowest BCUT2D eigenvalue weighted by Gasteiger charge is -2.10. The van der Waals surface area contributed by atoms with Crippen molar-refractivity contribution in [3.05, 3.63) is 165 Å². The van der Waals surface area contributed by atoms with Crippen LogP contribution in [0, 0.1) is 13.8 Å². The fraction of sp³-hybridized carbons (Fsp3) is 0.188. The molecule has 0 bridgehead atoms. The number of hydrogen-bond donors (Lipinski definition) is 5. The van der Waals surface area contributed by atoms with Gasteiger partial charge < -0.3 is 40.2 Å². The molecule has 3 amide bonds. The third-order valence-electron chi connectivity index (χ3n) is 9.88. The number of ether oxygens (including phenoxy) is 3. The van der Waals surface area contributed by atoms with Gasteiger partial charge in [-0.05, 0) is 96.2 Å². The Bertz CT molecular complexity index is 2580. The second-order valence-electron chi connectivity index (χ2n) is 14.6. The molecule has 5 N–H and O–H groups in total. The maximum atomic E-state index is 12.6. The molecule has 0 saturated heterocycles. The third kappa shape index (κ3) is 12.7. The molecule has 0 atom stereocenters. The van der Waals surface area contributed by atoms with Crippen LogP contribution in [0.15, 0.2) is 132 Å². The summed E-state index contributed by atoms with van der Waals surface area (Å²) in [6.45, 7) is 6.97. The molecule has 3 aliphatic rings. The number of rotatable bonds is 3. The summed E-state index contributed by atoms with van der Waals surface area (Å²) in [6.07, 6.45) is -4.36. The van der Waals surface area contributed by atoms with Crippen molar-refractivity contribution >= 4 is 46.2 Å². The van der Waals surface area contributed by atoms with Crippen molar-refractivity contribution in [3.8, 4) is 39.5 Å². The molecule has 3 aliphatic heterocycles. The minimum absolute atomic E-state index is 0.0681. The first kappa shape index (κ1) is 46.9. The predicted molar refractivity (Wildman–Crippen MR) is 242 cm³/mol. The average Bonchev–Trinajstić information content (AvgIpc) is 3.69. The van der Waals surface area contributed by atoms with Crippen molar-refractivity contribution in [2.24, 2.45) is 0 Å². The Morgan fingerprint density at radius 1 is 0.516 bits per heavy atom. The number of nitrogens with one attached hydrogen (secondary N) is 3. The first-order valence-electron chi connectivity index (χ1n) is 20.1. The van der Waals surface area contributed by atoms with Gasteiger partial charge >= 0.3 is 13.3 Å². The Hall–Kier alpha value is -6.62. The van der Waals surface area contributed by atoms with Gasteiger partial charge in [0.15, 0.2) is 0 Å². The molecule has 0 spiro atoms. The van der Waals surface area contributed by atoms with Crippen LogP contribution in [-0.2, 0) is 6.18 Å². The van der Waals surface area contributed by atoms with Crippen LogP contribution >= 0.6 is 15.9 Å². The Morgan fingerprint density at radius 2 is 0.875 bits per heavy atom. The number of alkyl halides is 3. The van der Waals surface area contributed by atoms with Crippen LogP contribution in [-0.4, -0.2) is 74.3 Å². The van der Waals surface area contributed by atoms with Gasteiger partial charge in [0, 0.05) is 4.47 Å². The van der Waals surface area contributed by atoms with Crippen LogP contribution in [0.1, 0.15) is 47.8 Å². The Morgan fingerprint density at radius 3 is 1.28 bits per heavy atom. The number of fused-ring (bicyclic) bond motifs is 3. The second-order valence-corrected chi connectivity index (χ2v) is 15.5. The van der Waals surface area contributed by atoms with E-state index in [0.717, 1.165) is 33.3 Å². The molecular formula is C48H44BBrF3N3O8. The molecule has 0 saturated carbocycles. The Balaban J connectivity index is 0.000000148. The summed E-state index contributed by atoms with van der Waals surface area (Å²) in [7, 11) is -1.35. The van der Waals surface area contributed by atoms with Gasteiger partial charge in [-0.15, -0.1) is 0 Å². The van der Waals surface area contributed by atoms with Gasteiger partial charge in [0.2, 0.25) is 0 Å². The second kappa shape index (κ2) is 21.6. The molecule has 0 radical (unpaired) electrons. The lowest BCUT2D eigenvalue weighted by molar-refractivity contribution is -0.137. The Kier molecular flexibility index (Phi) is 15.9. The van der Waals surface area contributed by atoms with Gasteiger partial charge in [-0.25, -0.2) is 0 Å². The fourth-order valence-corrected chi connectivity index (χ4v) is 6.79. The van der Waals surface area contributed by atoms with Crippen LogP contribution in [0.5, 0.6) is 17.2 Å². The molecule has 0 aliphatic carbocycles. The van der Waals surface area contributed by atoms with Crippen molar-refractivity contribution in [2.75, 3.05) is 39.5 Å². The lowest BCUT2D eigenvalue weighted by Crippen LogP contribution is -2.29. The van der Waals surface area contributed by atoms with Gasteiger partial charge in [-0.3, -0.25) is 14.4 Å². The summed E-state index contributed by atoms with van der Waals surface area (Å²) in [6, 6.07) is 36.3. The molecule has 0 unspecified atom stereocenters. The first-order chi connectivity index (χ1) is 30.7. The Labute approximate surface area is 376 Å². The van der Waals surface area contributed by atoms with E-state index in [9.17, 15) is 27.6 Å². The van der Waals surface area contributed by atoms with E-state index >= 15 is 0 Å². The largest absolute Gasteiger partial charge is 0.491 e. The van der Waals surface area contributed by atoms with Gasteiger partial charge in [0.25, 0.3) is 17.7 Å². The molecule has 6 aromatic carbocycles. The number of amides is 3. The zero-order valence-electron chi connectivity index (χ0n) is 34.8. The molecule has 6 aromatic rings. The van der Waals surface area contributed by atoms with Gasteiger partial charge in [-0.2, -0.15) is 13.2 Å². The number of carbonyl (C=O) groups is 3. The highest BCUT2D eigenvalue weighted by atomic mass is 79.9. The van der Waals surface area contributed by atoms with Gasteiger partial charge in [-0.1, -0.05) is 99.9 Å². The SMILES string of the molecule is Cc1ccc(-c2ccc3c(c2)C(=O)NCCO3)cc1.Cc1ccc(B(O)O)cc1.O=C1NCCOc2ccc(-c3ccc(C(F)(F)F)cc3)cc21.O=C1NCCOc2ccc(Br)cc21. The van der Waals surface area contributed by atoms with Crippen LogP contribution in [0.25, 0.3) is 22.3 Å². The van der Waals surface area contributed by atoms with Crippen LogP contribution in [0.3, 0.4) is 0 Å². The van der Waals surface area contributed by atoms with Crippen LogP contribution in [0.2, 0.25) is 0 Å². The molecular weight excluding hydrogens is 894 g/mol. The van der Waals surface area contributed by atoms with E-state index in [4.69, 9.17) is 24.3 Å². The minimum atomic E-state index is -4.36. The van der Waals surface area contributed by atoms with E-state index in [1.807, 2.05) is 43.3 Å². The molecule has 64 heavy (non-hydrogen) atoms. The topological polar surface area (TPSA) is 155 Å². The number of carbonyl (C=O) groups excluding carboxylic acids is 3. The standard InChI is InChI=1S/C16H12F3NO2.C16H15NO2.C9H8BrNO2.C7H9BO2/c17-16(18,19)12-4-1-10(2-5-12)11-3-6-14-13(9-11)15(21)20-7-8-22-14;1-11-2-4-12(5-3-11)13-6-7-15-14(10-13)16(18)17-8-9-19-15;10-6-1-2-8-7(5-6)9(12)11-3-4-13-8;1-6-2-4-7(5-3-6)8(9)10/h1-6,9H,7-8H2,(H,20,21);2-7,10H,8-9H2,1H3,(H,17,18);1-2,5H,3-4H2,(H,11,12);2-5,9-10H,1H3. The highest BCUT2D eigenvalue weighted by Gasteiger charge is 2.30. The average molecular weight is 939 g/mol. The van der Waals surface area contributed by atoms with E-state index in [0.29, 0.717) is 90.0 Å². The highest BCUT2D eigenvalue weighted by molar-refractivity contribution is 9.10. The lowest BCUT2D eigenvalue weighted by atomic mass is 9.80. The van der Waals surface area contributed by atoms with Crippen molar-refractivity contribution < 1.29 is 51.8 Å². The first-order valence-corrected chi connectivity index (χ1v) is 20.9. The van der Waals surface area contributed by atoms with Crippen LogP contribution in [0.4, 0.5) is 13.2 Å². The van der Waals surface area contributed by atoms with Crippen LogP contribution < -0.4 is 35.6 Å². The minimum Gasteiger partial charge on any atom is -0.491 e. The van der Waals surface area contributed by atoms with E-state index in [-0.39, 0.29) is 17.7 Å². The quantitative estimate of drug-likeness (QED) is 0.114.